The summed E-state index contributed by atoms with van der Waals surface area (Å²) in [7, 11) is 1.75. The van der Waals surface area contributed by atoms with E-state index in [9.17, 15) is 0 Å². The van der Waals surface area contributed by atoms with Gasteiger partial charge in [-0.25, -0.2) is 0 Å². The van der Waals surface area contributed by atoms with E-state index >= 15 is 0 Å². The summed E-state index contributed by atoms with van der Waals surface area (Å²) >= 11 is 0. The van der Waals surface area contributed by atoms with Gasteiger partial charge in [0.25, 0.3) is 0 Å². The van der Waals surface area contributed by atoms with Crippen LogP contribution in [0.2, 0.25) is 0 Å². The standard InChI is InChI=1S/C14H23N3.C7H12N2.C4H10N2/c1-4-10-16-11-7-12-17-14(5-2)9-6-8-13(3)15;1-4-5-9-6-7(2)8-3;1-2-6-4-3-5-1/h4-7,9-11,13,17H,1,8,12,15H2,2-3H3;4-6H,1-3H3;5-6H,1-4H2/b9-6-,11-7+,14-5+,16-10?;5-4+,8-7?,9-6?;. The van der Waals surface area contributed by atoms with E-state index in [-0.39, 0.29) is 6.04 Å². The number of rotatable bonds is 10. The van der Waals surface area contributed by atoms with Crippen LogP contribution in [-0.2, 0) is 0 Å². The molecule has 5 N–H and O–H groups in total. The summed E-state index contributed by atoms with van der Waals surface area (Å²) in [4.78, 5) is 11.8. The lowest BCUT2D eigenvalue weighted by Crippen LogP contribution is -2.39. The van der Waals surface area contributed by atoms with Gasteiger partial charge in [0, 0.05) is 82.1 Å². The quantitative estimate of drug-likeness (QED) is 0.307. The lowest BCUT2D eigenvalue weighted by Gasteiger charge is -2.11. The molecule has 7 nitrogen and oxygen atoms in total. The molecule has 1 rings (SSSR count). The molecule has 1 atom stereocenters. The summed E-state index contributed by atoms with van der Waals surface area (Å²) in [6.45, 7) is 16.7. The van der Waals surface area contributed by atoms with E-state index in [1.54, 1.807) is 38.0 Å². The molecule has 0 aromatic rings. The van der Waals surface area contributed by atoms with Gasteiger partial charge in [0.2, 0.25) is 0 Å². The zero-order chi connectivity index (χ0) is 24.3. The third-order valence-electron chi connectivity index (χ3n) is 3.73. The fourth-order valence-corrected chi connectivity index (χ4v) is 1.97. The zero-order valence-corrected chi connectivity index (χ0v) is 20.7. The summed E-state index contributed by atoms with van der Waals surface area (Å²) in [5, 5.41) is 9.71. The van der Waals surface area contributed by atoms with Crippen molar-refractivity contribution in [2.75, 3.05) is 39.8 Å². The van der Waals surface area contributed by atoms with Gasteiger partial charge in [0.05, 0.1) is 0 Å². The van der Waals surface area contributed by atoms with Crippen LogP contribution in [0.4, 0.5) is 0 Å². The molecule has 32 heavy (non-hydrogen) atoms. The monoisotopic (exact) mass is 443 g/mol. The molecular formula is C25H45N7. The highest BCUT2D eigenvalue weighted by Gasteiger charge is 1.91. The van der Waals surface area contributed by atoms with Crippen LogP contribution in [0.25, 0.3) is 0 Å². The Morgan fingerprint density at radius 1 is 1.09 bits per heavy atom. The zero-order valence-electron chi connectivity index (χ0n) is 20.7. The number of nitrogens with zero attached hydrogens (tertiary/aromatic N) is 3. The predicted molar refractivity (Wildman–Crippen MR) is 145 cm³/mol. The number of nitrogens with one attached hydrogen (secondary N) is 3. The number of hydrogen-bond acceptors (Lipinski definition) is 7. The first-order chi connectivity index (χ1) is 15.5. The van der Waals surface area contributed by atoms with Gasteiger partial charge < -0.3 is 21.7 Å². The Kier molecular flexibility index (Phi) is 26.1. The average molecular weight is 444 g/mol. The Hall–Kier alpha value is -2.61. The molecule has 0 bridgehead atoms. The van der Waals surface area contributed by atoms with Crippen molar-refractivity contribution in [1.82, 2.24) is 16.0 Å². The Labute approximate surface area is 196 Å². The molecule has 7 heteroatoms. The molecular weight excluding hydrogens is 398 g/mol. The van der Waals surface area contributed by atoms with Crippen molar-refractivity contribution >= 4 is 18.1 Å². The summed E-state index contributed by atoms with van der Waals surface area (Å²) < 4.78 is 0. The fourth-order valence-electron chi connectivity index (χ4n) is 1.97. The molecule has 0 radical (unpaired) electrons. The second-order valence-electron chi connectivity index (χ2n) is 6.78. The average Bonchev–Trinajstić information content (AvgIpc) is 2.82. The van der Waals surface area contributed by atoms with Gasteiger partial charge in [-0.05, 0) is 46.3 Å². The Bertz CT molecular complexity index is 623. The molecule has 1 aliphatic heterocycles. The van der Waals surface area contributed by atoms with Crippen LogP contribution in [0.15, 0.2) is 76.1 Å². The lowest BCUT2D eigenvalue weighted by molar-refractivity contribution is 0.534. The minimum atomic E-state index is 0.206. The number of nitrogens with two attached hydrogens (primary N) is 1. The van der Waals surface area contributed by atoms with E-state index in [0.717, 1.165) is 50.6 Å². The summed E-state index contributed by atoms with van der Waals surface area (Å²) in [5.41, 5.74) is 7.69. The first kappa shape index (κ1) is 31.6. The third kappa shape index (κ3) is 27.4. The van der Waals surface area contributed by atoms with Crippen molar-refractivity contribution in [3.8, 4) is 0 Å². The summed E-state index contributed by atoms with van der Waals surface area (Å²) in [6, 6.07) is 0.206. The first-order valence-electron chi connectivity index (χ1n) is 11.1. The molecule has 0 spiro atoms. The highest BCUT2D eigenvalue weighted by atomic mass is 15.0. The second kappa shape index (κ2) is 26.4. The highest BCUT2D eigenvalue weighted by Crippen LogP contribution is 1.95. The van der Waals surface area contributed by atoms with Crippen molar-refractivity contribution in [3.05, 3.63) is 61.1 Å². The van der Waals surface area contributed by atoms with E-state index in [0.29, 0.717) is 0 Å². The maximum atomic E-state index is 5.66. The van der Waals surface area contributed by atoms with Gasteiger partial charge in [0.1, 0.15) is 0 Å². The number of hydrogen-bond donors (Lipinski definition) is 4. The van der Waals surface area contributed by atoms with Crippen LogP contribution in [0.1, 0.15) is 34.1 Å². The minimum absolute atomic E-state index is 0.206. The minimum Gasteiger partial charge on any atom is -0.382 e. The van der Waals surface area contributed by atoms with Crippen LogP contribution < -0.4 is 21.7 Å². The van der Waals surface area contributed by atoms with Crippen molar-refractivity contribution in [2.24, 2.45) is 20.7 Å². The van der Waals surface area contributed by atoms with E-state index in [1.807, 2.05) is 52.0 Å². The van der Waals surface area contributed by atoms with Crippen molar-refractivity contribution in [1.29, 1.82) is 0 Å². The number of piperazine rings is 1. The lowest BCUT2D eigenvalue weighted by atomic mass is 10.2. The normalized spacial score (nSPS) is 16.3. The molecule has 1 fully saturated rings. The third-order valence-corrected chi connectivity index (χ3v) is 3.73. The van der Waals surface area contributed by atoms with Crippen molar-refractivity contribution < 1.29 is 0 Å². The van der Waals surface area contributed by atoms with Crippen LogP contribution in [-0.4, -0.2) is 64.0 Å². The molecule has 0 saturated carbocycles. The van der Waals surface area contributed by atoms with Crippen molar-refractivity contribution in [3.63, 3.8) is 0 Å². The van der Waals surface area contributed by atoms with Gasteiger partial charge in [-0.2, -0.15) is 0 Å². The van der Waals surface area contributed by atoms with Crippen LogP contribution in [0.3, 0.4) is 0 Å². The topological polar surface area (TPSA) is 99.2 Å². The maximum absolute atomic E-state index is 5.66. The van der Waals surface area contributed by atoms with Gasteiger partial charge >= 0.3 is 0 Å². The predicted octanol–water partition coefficient (Wildman–Crippen LogP) is 3.40. The first-order valence-corrected chi connectivity index (χ1v) is 11.1. The van der Waals surface area contributed by atoms with E-state index < -0.39 is 0 Å². The van der Waals surface area contributed by atoms with E-state index in [1.165, 1.54) is 0 Å². The van der Waals surface area contributed by atoms with Gasteiger partial charge in [-0.15, -0.1) is 0 Å². The summed E-state index contributed by atoms with van der Waals surface area (Å²) in [5.74, 6) is 0. The van der Waals surface area contributed by atoms with E-state index in [2.05, 4.69) is 43.6 Å². The van der Waals surface area contributed by atoms with Crippen LogP contribution in [0, 0.1) is 0 Å². The number of allylic oxidation sites excluding steroid dienone is 4. The molecule has 1 aliphatic rings. The van der Waals surface area contributed by atoms with E-state index in [4.69, 9.17) is 5.73 Å². The van der Waals surface area contributed by atoms with Crippen LogP contribution >= 0.6 is 0 Å². The fraction of sp³-hybridized carbons (Fsp3) is 0.480. The highest BCUT2D eigenvalue weighted by molar-refractivity contribution is 6.29. The van der Waals surface area contributed by atoms with Crippen LogP contribution in [0.5, 0.6) is 0 Å². The second-order valence-corrected chi connectivity index (χ2v) is 6.78. The van der Waals surface area contributed by atoms with Crippen molar-refractivity contribution in [2.45, 2.75) is 40.2 Å². The molecule has 0 amide bonds. The SMILES string of the molecule is C/C=C/N=CC(C)=NC.C1CNCCN1.C=CC=N/C=C/CNC(/C=C\CC(C)N)=C/C. The number of aliphatic imine (C=N–C) groups is 3. The Balaban J connectivity index is 0. The smallest absolute Gasteiger partial charge is 0.0496 e. The maximum Gasteiger partial charge on any atom is 0.0496 e. The molecule has 0 aromatic heterocycles. The summed E-state index contributed by atoms with van der Waals surface area (Å²) in [6.07, 6.45) is 19.3. The Morgan fingerprint density at radius 3 is 2.22 bits per heavy atom. The molecule has 1 unspecified atom stereocenters. The van der Waals surface area contributed by atoms with Gasteiger partial charge in [-0.3, -0.25) is 15.0 Å². The largest absolute Gasteiger partial charge is 0.382 e. The molecule has 0 aliphatic carbocycles. The molecule has 1 heterocycles. The molecule has 0 aromatic carbocycles. The van der Waals surface area contributed by atoms with Gasteiger partial charge in [0.15, 0.2) is 0 Å². The molecule has 1 saturated heterocycles. The molecule has 180 valence electrons. The Morgan fingerprint density at radius 2 is 1.75 bits per heavy atom. The van der Waals surface area contributed by atoms with Gasteiger partial charge in [-0.1, -0.05) is 30.9 Å².